The van der Waals surface area contributed by atoms with E-state index >= 15 is 0 Å². The predicted molar refractivity (Wildman–Crippen MR) is 147 cm³/mol. The van der Waals surface area contributed by atoms with Gasteiger partial charge in [0.2, 0.25) is 0 Å². The van der Waals surface area contributed by atoms with E-state index in [0.717, 1.165) is 6.54 Å². The van der Waals surface area contributed by atoms with Gasteiger partial charge in [-0.1, -0.05) is 122 Å². The van der Waals surface area contributed by atoms with Crippen molar-refractivity contribution in [1.29, 1.82) is 0 Å². The average molecular weight is 442 g/mol. The first kappa shape index (κ1) is 25.1. The molecule has 1 aromatic heterocycles. The quantitative estimate of drug-likeness (QED) is 0.297. The normalized spacial score (nSPS) is 13.1. The fourth-order valence-corrected chi connectivity index (χ4v) is 4.75. The summed E-state index contributed by atoms with van der Waals surface area (Å²) >= 11 is 0. The Morgan fingerprint density at radius 3 is 1.55 bits per heavy atom. The molecule has 0 spiro atoms. The number of hydrogen-bond donors (Lipinski definition) is 0. The van der Waals surface area contributed by atoms with Crippen LogP contribution in [0.5, 0.6) is 0 Å². The number of para-hydroxylation sites is 2. The van der Waals surface area contributed by atoms with Gasteiger partial charge in [-0.15, -0.1) is 0 Å². The zero-order valence-corrected chi connectivity index (χ0v) is 22.1. The van der Waals surface area contributed by atoms with E-state index in [9.17, 15) is 0 Å². The van der Waals surface area contributed by atoms with Crippen LogP contribution in [0.1, 0.15) is 85.3 Å². The number of hydrogen-bond acceptors (Lipinski definition) is 0. The Morgan fingerprint density at radius 1 is 0.667 bits per heavy atom. The van der Waals surface area contributed by atoms with E-state index in [1.54, 1.807) is 0 Å². The highest BCUT2D eigenvalue weighted by Crippen LogP contribution is 2.43. The Balaban J connectivity index is 0.000000968. The lowest BCUT2D eigenvalue weighted by Gasteiger charge is -2.36. The molecule has 33 heavy (non-hydrogen) atoms. The highest BCUT2D eigenvalue weighted by atomic mass is 15.0. The van der Waals surface area contributed by atoms with Gasteiger partial charge in [-0.25, -0.2) is 0 Å². The molecule has 1 heterocycles. The minimum atomic E-state index is 0.252. The second kappa shape index (κ2) is 10.2. The maximum absolute atomic E-state index is 2.45. The van der Waals surface area contributed by atoms with Gasteiger partial charge in [-0.05, 0) is 46.4 Å². The van der Waals surface area contributed by atoms with E-state index < -0.39 is 0 Å². The maximum atomic E-state index is 2.45. The minimum Gasteiger partial charge on any atom is -0.336 e. The summed E-state index contributed by atoms with van der Waals surface area (Å²) in [5.41, 5.74) is 6.00. The van der Waals surface area contributed by atoms with Gasteiger partial charge in [0, 0.05) is 28.4 Å². The summed E-state index contributed by atoms with van der Waals surface area (Å²) in [6.45, 7) is 19.3. The Kier molecular flexibility index (Phi) is 7.73. The molecule has 0 amide bonds. The van der Waals surface area contributed by atoms with E-state index in [1.807, 2.05) is 0 Å². The first-order valence-corrected chi connectivity index (χ1v) is 12.6. The van der Waals surface area contributed by atoms with Crippen molar-refractivity contribution in [3.63, 3.8) is 0 Å². The van der Waals surface area contributed by atoms with Crippen LogP contribution in [0.15, 0.2) is 72.8 Å². The number of benzene rings is 3. The lowest BCUT2D eigenvalue weighted by atomic mass is 9.69. The summed E-state index contributed by atoms with van der Waals surface area (Å²) in [5.74, 6) is 0.555. The van der Waals surface area contributed by atoms with Crippen molar-refractivity contribution >= 4 is 21.8 Å². The third kappa shape index (κ3) is 6.08. The highest BCUT2D eigenvalue weighted by Gasteiger charge is 2.30. The van der Waals surface area contributed by atoms with Gasteiger partial charge >= 0.3 is 0 Å². The van der Waals surface area contributed by atoms with Gasteiger partial charge in [0.05, 0.1) is 0 Å². The van der Waals surface area contributed by atoms with Gasteiger partial charge in [0.25, 0.3) is 0 Å². The lowest BCUT2D eigenvalue weighted by molar-refractivity contribution is 0.229. The second-order valence-electron chi connectivity index (χ2n) is 11.8. The molecule has 0 aliphatic carbocycles. The molecule has 0 aliphatic rings. The summed E-state index contributed by atoms with van der Waals surface area (Å²) in [4.78, 5) is 0. The van der Waals surface area contributed by atoms with E-state index in [4.69, 9.17) is 0 Å². The molecule has 4 rings (SSSR count). The van der Waals surface area contributed by atoms with Gasteiger partial charge in [-0.3, -0.25) is 0 Å². The molecule has 1 atom stereocenters. The fourth-order valence-electron chi connectivity index (χ4n) is 4.75. The van der Waals surface area contributed by atoms with Crippen molar-refractivity contribution in [2.24, 2.45) is 10.8 Å². The van der Waals surface area contributed by atoms with Crippen molar-refractivity contribution < 1.29 is 0 Å². The highest BCUT2D eigenvalue weighted by molar-refractivity contribution is 6.08. The summed E-state index contributed by atoms with van der Waals surface area (Å²) in [6, 6.07) is 26.9. The van der Waals surface area contributed by atoms with Gasteiger partial charge in [0.1, 0.15) is 0 Å². The summed E-state index contributed by atoms with van der Waals surface area (Å²) in [7, 11) is 0. The van der Waals surface area contributed by atoms with Gasteiger partial charge in [-0.2, -0.15) is 0 Å². The summed E-state index contributed by atoms with van der Waals surface area (Å²) in [6.07, 6.45) is 2.45. The van der Waals surface area contributed by atoms with Gasteiger partial charge in [0.15, 0.2) is 0 Å². The van der Waals surface area contributed by atoms with Gasteiger partial charge < -0.3 is 4.57 Å². The zero-order chi connectivity index (χ0) is 24.2. The minimum absolute atomic E-state index is 0.252. The largest absolute Gasteiger partial charge is 0.336 e. The first-order chi connectivity index (χ1) is 15.5. The predicted octanol–water partition coefficient (Wildman–Crippen LogP) is 9.82. The molecule has 0 bridgehead atoms. The number of rotatable bonds is 4. The molecule has 0 radical (unpaired) electrons. The van der Waals surface area contributed by atoms with Crippen LogP contribution in [0.2, 0.25) is 0 Å². The molecule has 176 valence electrons. The van der Waals surface area contributed by atoms with Crippen LogP contribution in [0.3, 0.4) is 0 Å². The Bertz CT molecular complexity index is 1110. The summed E-state index contributed by atoms with van der Waals surface area (Å²) in [5, 5.41) is 2.67. The third-order valence-corrected chi connectivity index (χ3v) is 6.26. The van der Waals surface area contributed by atoms with E-state index in [2.05, 4.69) is 133 Å². The molecular weight excluding hydrogens is 398 g/mol. The molecule has 4 aromatic rings. The molecule has 0 saturated heterocycles. The van der Waals surface area contributed by atoms with Crippen LogP contribution in [0.25, 0.3) is 21.8 Å². The van der Waals surface area contributed by atoms with Crippen LogP contribution in [-0.2, 0) is 6.54 Å². The van der Waals surface area contributed by atoms with E-state index in [-0.39, 0.29) is 5.41 Å². The molecule has 1 unspecified atom stereocenters. The number of nitrogens with zero attached hydrogens (tertiary/aromatic N) is 1. The molecule has 1 heteroatoms. The molecule has 0 N–H and O–H groups in total. The third-order valence-electron chi connectivity index (χ3n) is 6.26. The Morgan fingerprint density at radius 2 is 1.12 bits per heavy atom. The van der Waals surface area contributed by atoms with Crippen molar-refractivity contribution in [3.05, 3.63) is 83.9 Å². The lowest BCUT2D eigenvalue weighted by Crippen LogP contribution is -2.23. The van der Waals surface area contributed by atoms with Crippen LogP contribution >= 0.6 is 0 Å². The molecule has 0 saturated carbocycles. The van der Waals surface area contributed by atoms with E-state index in [0.29, 0.717) is 11.3 Å². The fraction of sp³-hybridized carbons (Fsp3) is 0.438. The van der Waals surface area contributed by atoms with Crippen molar-refractivity contribution in [1.82, 2.24) is 4.57 Å². The van der Waals surface area contributed by atoms with Crippen LogP contribution in [0.4, 0.5) is 0 Å². The number of aromatic nitrogens is 1. The van der Waals surface area contributed by atoms with Crippen LogP contribution in [0, 0.1) is 10.8 Å². The Hall–Kier alpha value is -2.54. The first-order valence-electron chi connectivity index (χ1n) is 12.6. The molecular formula is C32H43N. The van der Waals surface area contributed by atoms with Crippen molar-refractivity contribution in [2.45, 2.75) is 80.7 Å². The molecule has 1 nitrogen and oxygen atoms in total. The topological polar surface area (TPSA) is 4.93 Å². The van der Waals surface area contributed by atoms with Crippen LogP contribution in [-0.4, -0.2) is 4.57 Å². The zero-order valence-electron chi connectivity index (χ0n) is 22.1. The molecule has 0 fully saturated rings. The monoisotopic (exact) mass is 441 g/mol. The standard InChI is InChI=1S/C29H35N.C3H8/c1-28(2,3)19-25(29(4,5)6)22-17-15-21(16-18-22)20-30-26-13-9-7-11-23(26)24-12-8-10-14-27(24)30;1-3-2/h7-18,25H,19-20H2,1-6H3;3H2,1-2H3. The average Bonchev–Trinajstić information content (AvgIpc) is 3.06. The number of fused-ring (bicyclic) bond motifs is 3. The Labute approximate surface area is 201 Å². The molecule has 3 aromatic carbocycles. The van der Waals surface area contributed by atoms with Crippen LogP contribution < -0.4 is 0 Å². The smallest absolute Gasteiger partial charge is 0.0494 e. The SMILES string of the molecule is CC(C)(C)CC(c1ccc(Cn2c3ccccc3c3ccccc32)cc1)C(C)(C)C.CCC. The maximum Gasteiger partial charge on any atom is 0.0494 e. The second-order valence-corrected chi connectivity index (χ2v) is 11.8. The van der Waals surface area contributed by atoms with E-state index in [1.165, 1.54) is 45.8 Å². The molecule has 0 aliphatic heterocycles. The van der Waals surface area contributed by atoms with Crippen molar-refractivity contribution in [2.75, 3.05) is 0 Å². The summed E-state index contributed by atoms with van der Waals surface area (Å²) < 4.78 is 2.45. The van der Waals surface area contributed by atoms with Crippen molar-refractivity contribution in [3.8, 4) is 0 Å².